The number of hydrogen-bond donors (Lipinski definition) is 1. The van der Waals surface area contributed by atoms with Crippen LogP contribution in [0.3, 0.4) is 0 Å². The molecule has 0 atom stereocenters. The van der Waals surface area contributed by atoms with E-state index in [0.717, 1.165) is 0 Å². The number of carbonyl (C=O) groups is 1. The zero-order valence-electron chi connectivity index (χ0n) is 9.11. The Balaban J connectivity index is 2.30. The molecule has 2 aromatic rings. The SMILES string of the molecule is Cc1ccc(-c2csc(CC(=O)O)n2)cc1F. The average molecular weight is 251 g/mol. The van der Waals surface area contributed by atoms with Crippen molar-refractivity contribution in [2.45, 2.75) is 13.3 Å². The predicted molar refractivity (Wildman–Crippen MR) is 63.6 cm³/mol. The van der Waals surface area contributed by atoms with Crippen LogP contribution in [0, 0.1) is 12.7 Å². The Hall–Kier alpha value is -1.75. The van der Waals surface area contributed by atoms with Crippen molar-refractivity contribution in [1.29, 1.82) is 0 Å². The summed E-state index contributed by atoms with van der Waals surface area (Å²) in [6.07, 6.45) is -0.0982. The van der Waals surface area contributed by atoms with E-state index in [-0.39, 0.29) is 12.2 Å². The maximum Gasteiger partial charge on any atom is 0.310 e. The molecule has 0 spiro atoms. The molecule has 1 aromatic heterocycles. The quantitative estimate of drug-likeness (QED) is 0.912. The summed E-state index contributed by atoms with van der Waals surface area (Å²) in [6, 6.07) is 4.87. The molecular formula is C12H10FNO2S. The number of benzene rings is 1. The van der Waals surface area contributed by atoms with Crippen LogP contribution < -0.4 is 0 Å². The summed E-state index contributed by atoms with van der Waals surface area (Å²) in [4.78, 5) is 14.7. The van der Waals surface area contributed by atoms with Gasteiger partial charge < -0.3 is 5.11 Å². The minimum atomic E-state index is -0.916. The van der Waals surface area contributed by atoms with Crippen molar-refractivity contribution in [2.75, 3.05) is 0 Å². The fraction of sp³-hybridized carbons (Fsp3) is 0.167. The van der Waals surface area contributed by atoms with E-state index in [4.69, 9.17) is 5.11 Å². The number of hydrogen-bond acceptors (Lipinski definition) is 3. The third-order valence-corrected chi connectivity index (χ3v) is 3.17. The summed E-state index contributed by atoms with van der Waals surface area (Å²) in [7, 11) is 0. The third kappa shape index (κ3) is 2.68. The molecule has 0 aliphatic rings. The fourth-order valence-electron chi connectivity index (χ4n) is 1.41. The van der Waals surface area contributed by atoms with E-state index in [1.54, 1.807) is 24.4 Å². The van der Waals surface area contributed by atoms with Gasteiger partial charge in [0.2, 0.25) is 0 Å². The van der Waals surface area contributed by atoms with Crippen molar-refractivity contribution in [3.05, 3.63) is 40.0 Å². The fourth-order valence-corrected chi connectivity index (χ4v) is 2.20. The maximum atomic E-state index is 13.4. The van der Waals surface area contributed by atoms with Crippen molar-refractivity contribution in [3.8, 4) is 11.3 Å². The summed E-state index contributed by atoms with van der Waals surface area (Å²) < 4.78 is 13.4. The monoisotopic (exact) mass is 251 g/mol. The van der Waals surface area contributed by atoms with Gasteiger partial charge in [-0.2, -0.15) is 0 Å². The van der Waals surface area contributed by atoms with Gasteiger partial charge in [0.25, 0.3) is 0 Å². The van der Waals surface area contributed by atoms with Crippen molar-refractivity contribution in [1.82, 2.24) is 4.98 Å². The van der Waals surface area contributed by atoms with Gasteiger partial charge in [-0.25, -0.2) is 9.37 Å². The Kier molecular flexibility index (Phi) is 3.19. The molecule has 0 amide bonds. The molecule has 3 nitrogen and oxygen atoms in total. The van der Waals surface area contributed by atoms with Crippen molar-refractivity contribution in [3.63, 3.8) is 0 Å². The first-order valence-corrected chi connectivity index (χ1v) is 5.87. The van der Waals surface area contributed by atoms with Crippen molar-refractivity contribution >= 4 is 17.3 Å². The second-order valence-corrected chi connectivity index (χ2v) is 4.60. The molecular weight excluding hydrogens is 241 g/mol. The molecule has 0 aliphatic heterocycles. The van der Waals surface area contributed by atoms with Crippen LogP contribution in [0.1, 0.15) is 10.6 Å². The van der Waals surface area contributed by atoms with Gasteiger partial charge in [0.15, 0.2) is 0 Å². The molecule has 0 saturated heterocycles. The number of rotatable bonds is 3. The van der Waals surface area contributed by atoms with E-state index < -0.39 is 5.97 Å². The summed E-state index contributed by atoms with van der Waals surface area (Å²) in [5, 5.41) is 10.9. The number of aromatic nitrogens is 1. The Morgan fingerprint density at radius 3 is 2.94 bits per heavy atom. The molecule has 0 saturated carbocycles. The molecule has 88 valence electrons. The number of aryl methyl sites for hydroxylation is 1. The molecule has 1 N–H and O–H groups in total. The number of nitrogens with zero attached hydrogens (tertiary/aromatic N) is 1. The van der Waals surface area contributed by atoms with Gasteiger partial charge >= 0.3 is 5.97 Å². The lowest BCUT2D eigenvalue weighted by Crippen LogP contribution is -1.99. The second kappa shape index (κ2) is 4.63. The van der Waals surface area contributed by atoms with E-state index in [1.165, 1.54) is 17.4 Å². The molecule has 5 heteroatoms. The lowest BCUT2D eigenvalue weighted by Gasteiger charge is -1.99. The standard InChI is InChI=1S/C12H10FNO2S/c1-7-2-3-8(4-9(7)13)10-6-17-11(14-10)5-12(15)16/h2-4,6H,5H2,1H3,(H,15,16). The summed E-state index contributed by atoms with van der Waals surface area (Å²) in [6.45, 7) is 1.69. The van der Waals surface area contributed by atoms with Crippen LogP contribution in [0.25, 0.3) is 11.3 Å². The van der Waals surface area contributed by atoms with Gasteiger partial charge in [-0.3, -0.25) is 4.79 Å². The van der Waals surface area contributed by atoms with Crippen molar-refractivity contribution in [2.24, 2.45) is 0 Å². The number of carboxylic acids is 1. The molecule has 0 bridgehead atoms. The zero-order chi connectivity index (χ0) is 12.4. The number of carboxylic acid groups (broad SMARTS) is 1. The van der Waals surface area contributed by atoms with Crippen LogP contribution in [0.5, 0.6) is 0 Å². The number of aliphatic carboxylic acids is 1. The molecule has 2 rings (SSSR count). The van der Waals surface area contributed by atoms with E-state index in [0.29, 0.717) is 21.8 Å². The van der Waals surface area contributed by atoms with E-state index in [1.807, 2.05) is 0 Å². The molecule has 17 heavy (non-hydrogen) atoms. The Morgan fingerprint density at radius 2 is 2.29 bits per heavy atom. The largest absolute Gasteiger partial charge is 0.481 e. The Bertz CT molecular complexity index is 565. The van der Waals surface area contributed by atoms with Gasteiger partial charge in [0.1, 0.15) is 10.8 Å². The summed E-state index contributed by atoms with van der Waals surface area (Å²) >= 11 is 1.27. The lowest BCUT2D eigenvalue weighted by molar-refractivity contribution is -0.136. The highest BCUT2D eigenvalue weighted by Crippen LogP contribution is 2.23. The minimum Gasteiger partial charge on any atom is -0.481 e. The van der Waals surface area contributed by atoms with E-state index in [9.17, 15) is 9.18 Å². The van der Waals surface area contributed by atoms with Crippen LogP contribution in [-0.4, -0.2) is 16.1 Å². The first-order chi connectivity index (χ1) is 8.06. The van der Waals surface area contributed by atoms with Crippen LogP contribution in [-0.2, 0) is 11.2 Å². The highest BCUT2D eigenvalue weighted by molar-refractivity contribution is 7.10. The lowest BCUT2D eigenvalue weighted by atomic mass is 10.1. The normalized spacial score (nSPS) is 10.5. The van der Waals surface area contributed by atoms with Gasteiger partial charge in [-0.05, 0) is 18.6 Å². The average Bonchev–Trinajstić information content (AvgIpc) is 2.69. The smallest absolute Gasteiger partial charge is 0.310 e. The van der Waals surface area contributed by atoms with Crippen LogP contribution in [0.2, 0.25) is 0 Å². The first kappa shape index (κ1) is 11.7. The van der Waals surface area contributed by atoms with Gasteiger partial charge in [-0.15, -0.1) is 11.3 Å². The second-order valence-electron chi connectivity index (χ2n) is 3.66. The third-order valence-electron chi connectivity index (χ3n) is 2.32. The van der Waals surface area contributed by atoms with Gasteiger partial charge in [-0.1, -0.05) is 12.1 Å². The highest BCUT2D eigenvalue weighted by Gasteiger charge is 2.09. The number of halogens is 1. The summed E-state index contributed by atoms with van der Waals surface area (Å²) in [5.74, 6) is -1.20. The van der Waals surface area contributed by atoms with Crippen LogP contribution in [0.4, 0.5) is 4.39 Å². The topological polar surface area (TPSA) is 50.2 Å². The van der Waals surface area contributed by atoms with Gasteiger partial charge in [0.05, 0.1) is 12.1 Å². The molecule has 1 heterocycles. The van der Waals surface area contributed by atoms with Gasteiger partial charge in [0, 0.05) is 10.9 Å². The molecule has 0 radical (unpaired) electrons. The van der Waals surface area contributed by atoms with Crippen LogP contribution >= 0.6 is 11.3 Å². The zero-order valence-corrected chi connectivity index (χ0v) is 9.92. The Labute approximate surface area is 102 Å². The first-order valence-electron chi connectivity index (χ1n) is 4.99. The summed E-state index contributed by atoms with van der Waals surface area (Å²) in [5.41, 5.74) is 1.86. The molecule has 0 aliphatic carbocycles. The predicted octanol–water partition coefficient (Wildman–Crippen LogP) is 2.88. The van der Waals surface area contributed by atoms with Crippen molar-refractivity contribution < 1.29 is 14.3 Å². The van der Waals surface area contributed by atoms with Crippen LogP contribution in [0.15, 0.2) is 23.6 Å². The van der Waals surface area contributed by atoms with E-state index >= 15 is 0 Å². The highest BCUT2D eigenvalue weighted by atomic mass is 32.1. The molecule has 0 unspecified atom stereocenters. The maximum absolute atomic E-state index is 13.4. The number of thiazole rings is 1. The Morgan fingerprint density at radius 1 is 1.53 bits per heavy atom. The molecule has 1 aromatic carbocycles. The minimum absolute atomic E-state index is 0.0982. The molecule has 0 fully saturated rings. The van der Waals surface area contributed by atoms with E-state index in [2.05, 4.69) is 4.98 Å².